The predicted molar refractivity (Wildman–Crippen MR) is 73.9 cm³/mol. The third kappa shape index (κ3) is 3.12. The van der Waals surface area contributed by atoms with Gasteiger partial charge in [-0.3, -0.25) is 4.68 Å². The lowest BCUT2D eigenvalue weighted by Gasteiger charge is -2.16. The van der Waals surface area contributed by atoms with Crippen LogP contribution in [-0.2, 0) is 13.0 Å². The average molecular weight is 260 g/mol. The molecule has 0 spiro atoms. The average Bonchev–Trinajstić information content (AvgIpc) is 2.87. The molecule has 1 heterocycles. The number of aryl methyl sites for hydroxylation is 1. The molecule has 102 valence electrons. The molecule has 1 aromatic carbocycles. The Labute approximate surface area is 113 Å². The molecule has 5 nitrogen and oxygen atoms in total. The van der Waals surface area contributed by atoms with Crippen molar-refractivity contribution in [3.8, 4) is 5.75 Å². The Kier molecular flexibility index (Phi) is 4.52. The Bertz CT molecular complexity index is 524. The van der Waals surface area contributed by atoms with Gasteiger partial charge in [0.2, 0.25) is 0 Å². The molecule has 1 atom stereocenters. The highest BCUT2D eigenvalue weighted by Gasteiger charge is 2.15. The number of nitrogens with two attached hydrogens (primary N) is 1. The summed E-state index contributed by atoms with van der Waals surface area (Å²) in [6.45, 7) is 5.44. The molecule has 0 saturated heterocycles. The van der Waals surface area contributed by atoms with Gasteiger partial charge in [-0.15, -0.1) is 0 Å². The van der Waals surface area contributed by atoms with Crippen LogP contribution in [0.15, 0.2) is 30.6 Å². The molecule has 0 aliphatic carbocycles. The number of ether oxygens (including phenoxy) is 1. The van der Waals surface area contributed by atoms with Gasteiger partial charge in [0, 0.05) is 24.6 Å². The quantitative estimate of drug-likeness (QED) is 0.862. The number of benzene rings is 1. The van der Waals surface area contributed by atoms with E-state index in [1.807, 2.05) is 42.8 Å². The van der Waals surface area contributed by atoms with Crippen LogP contribution in [0.2, 0.25) is 0 Å². The summed E-state index contributed by atoms with van der Waals surface area (Å²) in [6, 6.07) is 7.74. The van der Waals surface area contributed by atoms with Crippen LogP contribution in [-0.4, -0.2) is 21.4 Å². The van der Waals surface area contributed by atoms with Crippen LogP contribution < -0.4 is 10.5 Å². The number of nitrogens with zero attached hydrogens (tertiary/aromatic N) is 3. The van der Waals surface area contributed by atoms with Crippen molar-refractivity contribution in [2.45, 2.75) is 32.9 Å². The van der Waals surface area contributed by atoms with E-state index in [4.69, 9.17) is 10.5 Å². The molecule has 0 radical (unpaired) electrons. The van der Waals surface area contributed by atoms with Gasteiger partial charge in [-0.05, 0) is 19.9 Å². The zero-order valence-electron chi connectivity index (χ0n) is 11.4. The van der Waals surface area contributed by atoms with Crippen LogP contribution in [0.4, 0.5) is 0 Å². The van der Waals surface area contributed by atoms with Gasteiger partial charge in [-0.1, -0.05) is 18.2 Å². The van der Waals surface area contributed by atoms with E-state index in [1.165, 1.54) is 0 Å². The third-order valence-electron chi connectivity index (χ3n) is 3.02. The maximum Gasteiger partial charge on any atom is 0.138 e. The van der Waals surface area contributed by atoms with Crippen molar-refractivity contribution in [3.05, 3.63) is 42.0 Å². The van der Waals surface area contributed by atoms with Gasteiger partial charge in [-0.2, -0.15) is 5.10 Å². The van der Waals surface area contributed by atoms with E-state index in [2.05, 4.69) is 10.1 Å². The van der Waals surface area contributed by atoms with Crippen molar-refractivity contribution in [1.82, 2.24) is 14.8 Å². The minimum absolute atomic E-state index is 0.141. The van der Waals surface area contributed by atoms with E-state index < -0.39 is 0 Å². The third-order valence-corrected chi connectivity index (χ3v) is 3.02. The molecule has 0 fully saturated rings. The minimum Gasteiger partial charge on any atom is -0.494 e. The van der Waals surface area contributed by atoms with E-state index in [0.29, 0.717) is 13.0 Å². The van der Waals surface area contributed by atoms with Gasteiger partial charge in [0.1, 0.15) is 17.9 Å². The van der Waals surface area contributed by atoms with Crippen LogP contribution in [0.25, 0.3) is 0 Å². The lowest BCUT2D eigenvalue weighted by molar-refractivity contribution is 0.333. The lowest BCUT2D eigenvalue weighted by atomic mass is 10.0. The summed E-state index contributed by atoms with van der Waals surface area (Å²) in [4.78, 5) is 4.26. The Morgan fingerprint density at radius 3 is 2.84 bits per heavy atom. The fourth-order valence-corrected chi connectivity index (χ4v) is 2.09. The molecule has 2 aromatic rings. The Hall–Kier alpha value is -1.88. The molecule has 0 bridgehead atoms. The van der Waals surface area contributed by atoms with Gasteiger partial charge >= 0.3 is 0 Å². The molecular formula is C14H20N4O. The van der Waals surface area contributed by atoms with E-state index >= 15 is 0 Å². The van der Waals surface area contributed by atoms with Crippen molar-refractivity contribution in [3.63, 3.8) is 0 Å². The first kappa shape index (κ1) is 13.5. The van der Waals surface area contributed by atoms with E-state index in [9.17, 15) is 0 Å². The standard InChI is InChI=1S/C14H20N4O/c1-3-18-14(16-10-17-18)9-12(15)11-7-5-6-8-13(11)19-4-2/h5-8,10,12H,3-4,9,15H2,1-2H3. The molecule has 19 heavy (non-hydrogen) atoms. The molecule has 1 unspecified atom stereocenters. The zero-order chi connectivity index (χ0) is 13.7. The van der Waals surface area contributed by atoms with Crippen LogP contribution in [0.3, 0.4) is 0 Å². The zero-order valence-corrected chi connectivity index (χ0v) is 11.4. The van der Waals surface area contributed by atoms with Gasteiger partial charge in [-0.25, -0.2) is 4.98 Å². The summed E-state index contributed by atoms with van der Waals surface area (Å²) >= 11 is 0. The first-order valence-electron chi connectivity index (χ1n) is 6.60. The molecule has 0 aliphatic heterocycles. The molecule has 2 N–H and O–H groups in total. The molecule has 0 amide bonds. The van der Waals surface area contributed by atoms with Gasteiger partial charge < -0.3 is 10.5 Å². The summed E-state index contributed by atoms with van der Waals surface area (Å²) in [7, 11) is 0. The molecule has 0 aliphatic rings. The maximum absolute atomic E-state index is 6.28. The van der Waals surface area contributed by atoms with Gasteiger partial charge in [0.15, 0.2) is 0 Å². The number of aromatic nitrogens is 3. The highest BCUT2D eigenvalue weighted by Crippen LogP contribution is 2.25. The fraction of sp³-hybridized carbons (Fsp3) is 0.429. The smallest absolute Gasteiger partial charge is 0.138 e. The first-order valence-corrected chi connectivity index (χ1v) is 6.60. The normalized spacial score (nSPS) is 12.4. The topological polar surface area (TPSA) is 66.0 Å². The Morgan fingerprint density at radius 2 is 2.11 bits per heavy atom. The van der Waals surface area contributed by atoms with Crippen molar-refractivity contribution in [1.29, 1.82) is 0 Å². The predicted octanol–water partition coefficient (Wildman–Crippen LogP) is 1.94. The minimum atomic E-state index is -0.141. The summed E-state index contributed by atoms with van der Waals surface area (Å²) < 4.78 is 7.48. The molecular weight excluding hydrogens is 240 g/mol. The second-order valence-corrected chi connectivity index (χ2v) is 4.27. The maximum atomic E-state index is 6.28. The Morgan fingerprint density at radius 1 is 1.32 bits per heavy atom. The highest BCUT2D eigenvalue weighted by atomic mass is 16.5. The second kappa shape index (κ2) is 6.33. The van der Waals surface area contributed by atoms with Crippen molar-refractivity contribution < 1.29 is 4.74 Å². The van der Waals surface area contributed by atoms with Crippen molar-refractivity contribution in [2.24, 2.45) is 5.73 Å². The molecule has 1 aromatic heterocycles. The van der Waals surface area contributed by atoms with Gasteiger partial charge in [0.25, 0.3) is 0 Å². The van der Waals surface area contributed by atoms with E-state index in [1.54, 1.807) is 6.33 Å². The van der Waals surface area contributed by atoms with Crippen LogP contribution in [0.1, 0.15) is 31.3 Å². The number of rotatable bonds is 6. The summed E-state index contributed by atoms with van der Waals surface area (Å²) in [5, 5.41) is 4.16. The van der Waals surface area contributed by atoms with Crippen LogP contribution >= 0.6 is 0 Å². The monoisotopic (exact) mass is 260 g/mol. The SMILES string of the molecule is CCOc1ccccc1C(N)Cc1ncnn1CC. The second-order valence-electron chi connectivity index (χ2n) is 4.27. The van der Waals surface area contributed by atoms with Crippen molar-refractivity contribution in [2.75, 3.05) is 6.61 Å². The van der Waals surface area contributed by atoms with Crippen LogP contribution in [0, 0.1) is 0 Å². The fourth-order valence-electron chi connectivity index (χ4n) is 2.09. The number of para-hydroxylation sites is 1. The number of hydrogen-bond acceptors (Lipinski definition) is 4. The van der Waals surface area contributed by atoms with Crippen molar-refractivity contribution >= 4 is 0 Å². The largest absolute Gasteiger partial charge is 0.494 e. The molecule has 2 rings (SSSR count). The first-order chi connectivity index (χ1) is 9.26. The van der Waals surface area contributed by atoms with E-state index in [-0.39, 0.29) is 6.04 Å². The highest BCUT2D eigenvalue weighted by molar-refractivity contribution is 5.36. The van der Waals surface area contributed by atoms with E-state index in [0.717, 1.165) is 23.7 Å². The van der Waals surface area contributed by atoms with Crippen LogP contribution in [0.5, 0.6) is 5.75 Å². The number of hydrogen-bond donors (Lipinski definition) is 1. The van der Waals surface area contributed by atoms with Gasteiger partial charge in [0.05, 0.1) is 6.61 Å². The summed E-state index contributed by atoms with van der Waals surface area (Å²) in [5.41, 5.74) is 7.29. The molecule has 5 heteroatoms. The summed E-state index contributed by atoms with van der Waals surface area (Å²) in [6.07, 6.45) is 2.22. The lowest BCUT2D eigenvalue weighted by Crippen LogP contribution is -2.18. The Balaban J connectivity index is 2.18. The summed E-state index contributed by atoms with van der Waals surface area (Å²) in [5.74, 6) is 1.75. The molecule has 0 saturated carbocycles.